The zero-order valence-corrected chi connectivity index (χ0v) is 11.7. The van der Waals surface area contributed by atoms with Gasteiger partial charge < -0.3 is 14.2 Å². The van der Waals surface area contributed by atoms with Crippen LogP contribution >= 0.6 is 11.6 Å². The summed E-state index contributed by atoms with van der Waals surface area (Å²) in [6, 6.07) is 0. The summed E-state index contributed by atoms with van der Waals surface area (Å²) in [4.78, 5) is 0. The van der Waals surface area contributed by atoms with E-state index in [0.717, 1.165) is 0 Å². The van der Waals surface area contributed by atoms with Gasteiger partial charge in [0.2, 0.25) is 0 Å². The van der Waals surface area contributed by atoms with Crippen molar-refractivity contribution in [3.05, 3.63) is 38.0 Å². The summed E-state index contributed by atoms with van der Waals surface area (Å²) in [7, 11) is 0. The third-order valence-electron chi connectivity index (χ3n) is 2.22. The summed E-state index contributed by atoms with van der Waals surface area (Å²) in [5.41, 5.74) is -0.351. The molecule has 0 saturated heterocycles. The van der Waals surface area contributed by atoms with Crippen LogP contribution < -0.4 is 0 Å². The second-order valence-electron chi connectivity index (χ2n) is 4.05. The molecule has 0 unspecified atom stereocenters. The molecule has 0 aliphatic rings. The van der Waals surface area contributed by atoms with Crippen LogP contribution in [0.4, 0.5) is 0 Å². The van der Waals surface area contributed by atoms with Gasteiger partial charge in [-0.05, 0) is 0 Å². The summed E-state index contributed by atoms with van der Waals surface area (Å²) >= 11 is 6.04. The molecule has 0 aliphatic heterocycles. The Hall–Kier alpha value is -0.610. The monoisotopic (exact) mass is 274 g/mol. The Morgan fingerprint density at radius 2 is 1.11 bits per heavy atom. The molecule has 4 heteroatoms. The normalized spacial score (nSPS) is 11.2. The molecule has 0 fully saturated rings. The van der Waals surface area contributed by atoms with Crippen molar-refractivity contribution in [3.8, 4) is 0 Å². The second-order valence-corrected chi connectivity index (χ2v) is 4.31. The quantitative estimate of drug-likeness (QED) is 0.294. The molecule has 0 N–H and O–H groups in total. The number of hydrogen-bond donors (Lipinski definition) is 0. The van der Waals surface area contributed by atoms with Crippen molar-refractivity contribution in [1.29, 1.82) is 0 Å². The summed E-state index contributed by atoms with van der Waals surface area (Å²) < 4.78 is 16.5. The first-order valence-corrected chi connectivity index (χ1v) is 6.40. The SMILES string of the molecule is C=CCOCC(CCl)(COCC=C)COCC=C. The van der Waals surface area contributed by atoms with Gasteiger partial charge in [-0.15, -0.1) is 31.3 Å². The molecule has 18 heavy (non-hydrogen) atoms. The van der Waals surface area contributed by atoms with Gasteiger partial charge in [0.25, 0.3) is 0 Å². The fourth-order valence-corrected chi connectivity index (χ4v) is 1.55. The lowest BCUT2D eigenvalue weighted by Crippen LogP contribution is -2.39. The molecule has 0 rings (SSSR count). The van der Waals surface area contributed by atoms with E-state index in [1.54, 1.807) is 18.2 Å². The number of ether oxygens (including phenoxy) is 3. The zero-order chi connectivity index (χ0) is 13.7. The number of rotatable bonds is 13. The minimum Gasteiger partial charge on any atom is -0.377 e. The Bertz CT molecular complexity index is 205. The molecule has 0 aromatic heterocycles. The van der Waals surface area contributed by atoms with Crippen LogP contribution in [0.5, 0.6) is 0 Å². The van der Waals surface area contributed by atoms with Crippen molar-refractivity contribution < 1.29 is 14.2 Å². The molecule has 0 amide bonds. The average molecular weight is 275 g/mol. The van der Waals surface area contributed by atoms with Crippen LogP contribution in [0.3, 0.4) is 0 Å². The van der Waals surface area contributed by atoms with Crippen molar-refractivity contribution in [2.75, 3.05) is 45.5 Å². The Balaban J connectivity index is 4.32. The minimum atomic E-state index is -0.351. The molecule has 104 valence electrons. The van der Waals surface area contributed by atoms with Crippen LogP contribution in [0.1, 0.15) is 0 Å². The van der Waals surface area contributed by atoms with Crippen molar-refractivity contribution in [1.82, 2.24) is 0 Å². The summed E-state index contributed by atoms with van der Waals surface area (Å²) in [6.45, 7) is 13.7. The van der Waals surface area contributed by atoms with E-state index in [-0.39, 0.29) is 5.41 Å². The summed E-state index contributed by atoms with van der Waals surface area (Å²) in [5.74, 6) is 0.401. The van der Waals surface area contributed by atoms with Crippen LogP contribution in [0.25, 0.3) is 0 Å². The highest BCUT2D eigenvalue weighted by Crippen LogP contribution is 2.21. The maximum absolute atomic E-state index is 6.04. The van der Waals surface area contributed by atoms with Crippen LogP contribution in [-0.4, -0.2) is 45.5 Å². The van der Waals surface area contributed by atoms with E-state index in [1.165, 1.54) is 0 Å². The Morgan fingerprint density at radius 3 is 1.33 bits per heavy atom. The molecule has 0 aromatic rings. The number of alkyl halides is 1. The summed E-state index contributed by atoms with van der Waals surface area (Å²) in [5, 5.41) is 0. The van der Waals surface area contributed by atoms with Crippen molar-refractivity contribution in [3.63, 3.8) is 0 Å². The molecule has 0 radical (unpaired) electrons. The smallest absolute Gasteiger partial charge is 0.0645 e. The Kier molecular flexibility index (Phi) is 11.1. The topological polar surface area (TPSA) is 27.7 Å². The lowest BCUT2D eigenvalue weighted by atomic mass is 9.94. The molecule has 0 aliphatic carbocycles. The van der Waals surface area contributed by atoms with Gasteiger partial charge >= 0.3 is 0 Å². The van der Waals surface area contributed by atoms with Crippen molar-refractivity contribution in [2.45, 2.75) is 0 Å². The molecule has 0 heterocycles. The zero-order valence-electron chi connectivity index (χ0n) is 10.9. The Labute approximate surface area is 115 Å². The minimum absolute atomic E-state index is 0.351. The van der Waals surface area contributed by atoms with Gasteiger partial charge in [0.05, 0.1) is 45.1 Å². The molecule has 0 spiro atoms. The molecular weight excluding hydrogens is 252 g/mol. The third-order valence-corrected chi connectivity index (χ3v) is 2.78. The average Bonchev–Trinajstić information content (AvgIpc) is 2.39. The van der Waals surface area contributed by atoms with E-state index in [2.05, 4.69) is 19.7 Å². The van der Waals surface area contributed by atoms with Crippen molar-refractivity contribution >= 4 is 11.6 Å². The van der Waals surface area contributed by atoms with Gasteiger partial charge in [0, 0.05) is 5.88 Å². The van der Waals surface area contributed by atoms with Gasteiger partial charge in [-0.3, -0.25) is 0 Å². The molecule has 3 nitrogen and oxygen atoms in total. The first-order valence-electron chi connectivity index (χ1n) is 5.86. The maximum Gasteiger partial charge on any atom is 0.0645 e. The first-order chi connectivity index (χ1) is 8.74. The first kappa shape index (κ1) is 17.4. The van der Waals surface area contributed by atoms with Crippen LogP contribution in [0.2, 0.25) is 0 Å². The summed E-state index contributed by atoms with van der Waals surface area (Å²) in [6.07, 6.45) is 5.11. The molecule has 0 aromatic carbocycles. The fraction of sp³-hybridized carbons (Fsp3) is 0.571. The number of halogens is 1. The second kappa shape index (κ2) is 11.5. The predicted molar refractivity (Wildman–Crippen MR) is 76.2 cm³/mol. The van der Waals surface area contributed by atoms with Gasteiger partial charge in [-0.2, -0.15) is 0 Å². The molecule has 0 saturated carbocycles. The largest absolute Gasteiger partial charge is 0.377 e. The van der Waals surface area contributed by atoms with Gasteiger partial charge in [0.1, 0.15) is 0 Å². The maximum atomic E-state index is 6.04. The lowest BCUT2D eigenvalue weighted by molar-refractivity contribution is -0.0441. The molecule has 0 atom stereocenters. The highest BCUT2D eigenvalue weighted by molar-refractivity contribution is 6.18. The van der Waals surface area contributed by atoms with Crippen molar-refractivity contribution in [2.24, 2.45) is 5.41 Å². The van der Waals surface area contributed by atoms with Crippen LogP contribution in [-0.2, 0) is 14.2 Å². The molecule has 0 bridgehead atoms. The predicted octanol–water partition coefficient (Wildman–Crippen LogP) is 2.82. The number of hydrogen-bond acceptors (Lipinski definition) is 3. The van der Waals surface area contributed by atoms with Gasteiger partial charge in [-0.1, -0.05) is 18.2 Å². The van der Waals surface area contributed by atoms with E-state index in [4.69, 9.17) is 25.8 Å². The van der Waals surface area contributed by atoms with E-state index in [9.17, 15) is 0 Å². The van der Waals surface area contributed by atoms with Crippen LogP contribution in [0.15, 0.2) is 38.0 Å². The highest BCUT2D eigenvalue weighted by Gasteiger charge is 2.30. The fourth-order valence-electron chi connectivity index (χ4n) is 1.32. The lowest BCUT2D eigenvalue weighted by Gasteiger charge is -2.30. The van der Waals surface area contributed by atoms with E-state index < -0.39 is 0 Å². The van der Waals surface area contributed by atoms with Crippen LogP contribution in [0, 0.1) is 5.41 Å². The van der Waals surface area contributed by atoms with E-state index >= 15 is 0 Å². The molecular formula is C14H23ClO3. The highest BCUT2D eigenvalue weighted by atomic mass is 35.5. The third kappa shape index (κ3) is 7.67. The standard InChI is InChI=1S/C14H23ClO3/c1-4-7-16-11-14(10-15,12-17-8-5-2)13-18-9-6-3/h4-6H,1-3,7-13H2. The van der Waals surface area contributed by atoms with E-state index in [0.29, 0.717) is 45.5 Å². The Morgan fingerprint density at radius 1 is 0.778 bits per heavy atom. The van der Waals surface area contributed by atoms with Gasteiger partial charge in [0.15, 0.2) is 0 Å². The van der Waals surface area contributed by atoms with E-state index in [1.807, 2.05) is 0 Å². The van der Waals surface area contributed by atoms with Gasteiger partial charge in [-0.25, -0.2) is 0 Å².